The standard InChI is InChI=1S/C19H30N2O2/c1-15-9-5-6-10-16(15)17(20(2)3)18(23)21(4)13-19(14-22)11-7-8-12-19/h5-6,9-10,17,22H,7-8,11-14H2,1-4H3. The monoisotopic (exact) mass is 318 g/mol. The molecule has 0 saturated heterocycles. The minimum atomic E-state index is -0.279. The van der Waals surface area contributed by atoms with Crippen molar-refractivity contribution in [3.63, 3.8) is 0 Å². The third-order valence-electron chi connectivity index (χ3n) is 5.18. The van der Waals surface area contributed by atoms with Crippen LogP contribution in [0.2, 0.25) is 0 Å². The first-order valence-electron chi connectivity index (χ1n) is 8.48. The van der Waals surface area contributed by atoms with Gasteiger partial charge in [-0.25, -0.2) is 0 Å². The van der Waals surface area contributed by atoms with E-state index in [2.05, 4.69) is 0 Å². The molecule has 1 unspecified atom stereocenters. The minimum absolute atomic E-state index is 0.101. The van der Waals surface area contributed by atoms with E-state index in [0.29, 0.717) is 6.54 Å². The highest BCUT2D eigenvalue weighted by Gasteiger charge is 2.37. The maximum absolute atomic E-state index is 13.1. The molecule has 1 aromatic carbocycles. The Morgan fingerprint density at radius 3 is 2.35 bits per heavy atom. The van der Waals surface area contributed by atoms with E-state index in [1.807, 2.05) is 62.1 Å². The smallest absolute Gasteiger partial charge is 0.244 e. The summed E-state index contributed by atoms with van der Waals surface area (Å²) in [6.45, 7) is 2.85. The zero-order valence-electron chi connectivity index (χ0n) is 14.9. The van der Waals surface area contributed by atoms with E-state index < -0.39 is 0 Å². The second-order valence-corrected chi connectivity index (χ2v) is 7.28. The molecule has 0 bridgehead atoms. The maximum Gasteiger partial charge on any atom is 0.244 e. The Morgan fingerprint density at radius 1 is 1.22 bits per heavy atom. The summed E-state index contributed by atoms with van der Waals surface area (Å²) < 4.78 is 0. The molecule has 1 amide bonds. The Morgan fingerprint density at radius 2 is 1.83 bits per heavy atom. The number of rotatable bonds is 6. The molecule has 1 atom stereocenters. The molecular weight excluding hydrogens is 288 g/mol. The predicted molar refractivity (Wildman–Crippen MR) is 93.2 cm³/mol. The van der Waals surface area contributed by atoms with Crippen LogP contribution in [0.1, 0.15) is 42.9 Å². The van der Waals surface area contributed by atoms with Crippen LogP contribution in [0.3, 0.4) is 0 Å². The van der Waals surface area contributed by atoms with E-state index in [1.54, 1.807) is 0 Å². The van der Waals surface area contributed by atoms with Gasteiger partial charge >= 0.3 is 0 Å². The molecule has 1 N–H and O–H groups in total. The van der Waals surface area contributed by atoms with Gasteiger partial charge in [-0.2, -0.15) is 0 Å². The average Bonchev–Trinajstić information content (AvgIpc) is 2.98. The second kappa shape index (κ2) is 7.45. The molecule has 4 heteroatoms. The zero-order valence-corrected chi connectivity index (χ0v) is 14.9. The number of carbonyl (C=O) groups excluding carboxylic acids is 1. The SMILES string of the molecule is Cc1ccccc1C(C(=O)N(C)CC1(CO)CCCC1)N(C)C. The number of amides is 1. The number of aliphatic hydroxyl groups excluding tert-OH is 1. The van der Waals surface area contributed by atoms with Crippen molar-refractivity contribution < 1.29 is 9.90 Å². The van der Waals surface area contributed by atoms with Crippen molar-refractivity contribution in [3.8, 4) is 0 Å². The van der Waals surface area contributed by atoms with E-state index in [4.69, 9.17) is 0 Å². The number of hydrogen-bond acceptors (Lipinski definition) is 3. The van der Waals surface area contributed by atoms with E-state index in [1.165, 1.54) is 0 Å². The van der Waals surface area contributed by atoms with Crippen molar-refractivity contribution in [2.45, 2.75) is 38.6 Å². The molecule has 0 aromatic heterocycles. The number of carbonyl (C=O) groups is 1. The number of hydrogen-bond donors (Lipinski definition) is 1. The van der Waals surface area contributed by atoms with E-state index in [-0.39, 0.29) is 24.0 Å². The van der Waals surface area contributed by atoms with Crippen molar-refractivity contribution in [2.24, 2.45) is 5.41 Å². The van der Waals surface area contributed by atoms with Gasteiger partial charge in [-0.1, -0.05) is 37.1 Å². The van der Waals surface area contributed by atoms with Crippen LogP contribution in [0, 0.1) is 12.3 Å². The molecule has 1 saturated carbocycles. The summed E-state index contributed by atoms with van der Waals surface area (Å²) in [6, 6.07) is 7.78. The summed E-state index contributed by atoms with van der Waals surface area (Å²) in [5.41, 5.74) is 2.08. The van der Waals surface area contributed by atoms with Crippen LogP contribution >= 0.6 is 0 Å². The molecule has 1 aromatic rings. The predicted octanol–water partition coefficient (Wildman–Crippen LogP) is 2.61. The molecule has 4 nitrogen and oxygen atoms in total. The van der Waals surface area contributed by atoms with Gasteiger partial charge in [-0.3, -0.25) is 9.69 Å². The number of aryl methyl sites for hydroxylation is 1. The quantitative estimate of drug-likeness (QED) is 0.877. The lowest BCUT2D eigenvalue weighted by atomic mass is 9.86. The Hall–Kier alpha value is -1.39. The molecule has 1 aliphatic carbocycles. The number of aliphatic hydroxyl groups is 1. The van der Waals surface area contributed by atoms with Crippen molar-refractivity contribution in [1.82, 2.24) is 9.80 Å². The highest BCUT2D eigenvalue weighted by atomic mass is 16.3. The van der Waals surface area contributed by atoms with E-state index >= 15 is 0 Å². The van der Waals surface area contributed by atoms with Gasteiger partial charge in [0.1, 0.15) is 6.04 Å². The lowest BCUT2D eigenvalue weighted by Gasteiger charge is -2.35. The van der Waals surface area contributed by atoms with Crippen LogP contribution < -0.4 is 0 Å². The topological polar surface area (TPSA) is 43.8 Å². The largest absolute Gasteiger partial charge is 0.396 e. The van der Waals surface area contributed by atoms with E-state index in [9.17, 15) is 9.90 Å². The Labute approximate surface area is 140 Å². The summed E-state index contributed by atoms with van der Waals surface area (Å²) in [5, 5.41) is 9.81. The fourth-order valence-corrected chi connectivity index (χ4v) is 3.81. The summed E-state index contributed by atoms with van der Waals surface area (Å²) in [4.78, 5) is 16.9. The average molecular weight is 318 g/mol. The second-order valence-electron chi connectivity index (χ2n) is 7.28. The van der Waals surface area contributed by atoms with Gasteiger partial charge in [0.25, 0.3) is 0 Å². The third-order valence-corrected chi connectivity index (χ3v) is 5.18. The van der Waals surface area contributed by atoms with Gasteiger partial charge in [0.15, 0.2) is 0 Å². The fraction of sp³-hybridized carbons (Fsp3) is 0.632. The third kappa shape index (κ3) is 3.93. The molecule has 1 fully saturated rings. The molecule has 0 radical (unpaired) electrons. The van der Waals surface area contributed by atoms with Crippen molar-refractivity contribution in [1.29, 1.82) is 0 Å². The summed E-state index contributed by atoms with van der Waals surface area (Å²) in [7, 11) is 5.76. The lowest BCUT2D eigenvalue weighted by Crippen LogP contribution is -2.44. The Kier molecular flexibility index (Phi) is 5.82. The van der Waals surface area contributed by atoms with Crippen LogP contribution in [0.15, 0.2) is 24.3 Å². The van der Waals surface area contributed by atoms with Gasteiger partial charge in [0, 0.05) is 19.0 Å². The first-order chi connectivity index (χ1) is 10.9. The van der Waals surface area contributed by atoms with Gasteiger partial charge < -0.3 is 10.0 Å². The van der Waals surface area contributed by atoms with Crippen LogP contribution in [-0.2, 0) is 4.79 Å². The number of benzene rings is 1. The molecule has 2 rings (SSSR count). The molecule has 0 aliphatic heterocycles. The van der Waals surface area contributed by atoms with Crippen LogP contribution in [0.25, 0.3) is 0 Å². The highest BCUT2D eigenvalue weighted by Crippen LogP contribution is 2.38. The summed E-state index contributed by atoms with van der Waals surface area (Å²) in [5.74, 6) is 0.101. The van der Waals surface area contributed by atoms with Crippen LogP contribution in [0.5, 0.6) is 0 Å². The van der Waals surface area contributed by atoms with Gasteiger partial charge in [0.2, 0.25) is 5.91 Å². The summed E-state index contributed by atoms with van der Waals surface area (Å²) >= 11 is 0. The van der Waals surface area contributed by atoms with Crippen LogP contribution in [-0.4, -0.2) is 55.1 Å². The lowest BCUT2D eigenvalue weighted by molar-refractivity contribution is -0.137. The van der Waals surface area contributed by atoms with Gasteiger partial charge in [-0.15, -0.1) is 0 Å². The minimum Gasteiger partial charge on any atom is -0.396 e. The fourth-order valence-electron chi connectivity index (χ4n) is 3.81. The molecule has 0 heterocycles. The Bertz CT molecular complexity index is 536. The summed E-state index contributed by atoms with van der Waals surface area (Å²) in [6.07, 6.45) is 4.32. The molecule has 23 heavy (non-hydrogen) atoms. The number of likely N-dealkylation sites (N-methyl/N-ethyl adjacent to an activating group) is 2. The first kappa shape index (κ1) is 18.0. The highest BCUT2D eigenvalue weighted by molar-refractivity contribution is 5.83. The molecular formula is C19H30N2O2. The Balaban J connectivity index is 2.19. The zero-order chi connectivity index (χ0) is 17.0. The van der Waals surface area contributed by atoms with Crippen molar-refractivity contribution in [2.75, 3.05) is 34.3 Å². The molecule has 0 spiro atoms. The van der Waals surface area contributed by atoms with Gasteiger partial charge in [-0.05, 0) is 45.0 Å². The van der Waals surface area contributed by atoms with Crippen molar-refractivity contribution >= 4 is 5.91 Å². The normalized spacial score (nSPS) is 18.2. The van der Waals surface area contributed by atoms with Gasteiger partial charge in [0.05, 0.1) is 6.61 Å². The van der Waals surface area contributed by atoms with Crippen molar-refractivity contribution in [3.05, 3.63) is 35.4 Å². The van der Waals surface area contributed by atoms with E-state index in [0.717, 1.165) is 36.8 Å². The maximum atomic E-state index is 13.1. The first-order valence-corrected chi connectivity index (χ1v) is 8.48. The number of nitrogens with zero attached hydrogens (tertiary/aromatic N) is 2. The molecule has 128 valence electrons. The van der Waals surface area contributed by atoms with Crippen LogP contribution in [0.4, 0.5) is 0 Å². The molecule has 1 aliphatic rings.